The summed E-state index contributed by atoms with van der Waals surface area (Å²) in [7, 11) is -0.803. The third kappa shape index (κ3) is 2.38. The molecule has 0 spiro atoms. The van der Waals surface area contributed by atoms with E-state index in [1.54, 1.807) is 6.07 Å². The molecule has 0 amide bonds. The maximum absolute atomic E-state index is 14.3. The minimum Gasteiger partial charge on any atom is -0.398 e. The quantitative estimate of drug-likeness (QED) is 0.599. The predicted octanol–water partition coefficient (Wildman–Crippen LogP) is 1.70. The first-order chi connectivity index (χ1) is 8.78. The Hall–Kier alpha value is -1.38. The van der Waals surface area contributed by atoms with Crippen LogP contribution in [0.2, 0.25) is 0 Å². The monoisotopic (exact) mass is 261 g/mol. The van der Waals surface area contributed by atoms with Gasteiger partial charge in [-0.2, -0.15) is 0 Å². The first kappa shape index (κ1) is 14.0. The molecule has 1 aromatic heterocycles. The van der Waals surface area contributed by atoms with Crippen LogP contribution >= 0.6 is 0 Å². The molecule has 3 nitrogen and oxygen atoms in total. The van der Waals surface area contributed by atoms with Crippen molar-refractivity contribution in [1.82, 2.24) is 4.98 Å². The summed E-state index contributed by atoms with van der Waals surface area (Å²) in [5.41, 5.74) is -0.449. The maximum atomic E-state index is 14.3. The first-order valence-electron chi connectivity index (χ1n) is 6.21. The van der Waals surface area contributed by atoms with Gasteiger partial charge in [0.05, 0.1) is 11.2 Å². The van der Waals surface area contributed by atoms with Crippen molar-refractivity contribution in [3.05, 3.63) is 23.6 Å². The summed E-state index contributed by atoms with van der Waals surface area (Å²) in [6, 6.07) is 1.57. The summed E-state index contributed by atoms with van der Waals surface area (Å²) >= 11 is 0. The molecule has 19 heavy (non-hydrogen) atoms. The molecule has 0 bridgehead atoms. The molecule has 2 rings (SSSR count). The highest BCUT2D eigenvalue weighted by Crippen LogP contribution is 2.36. The van der Waals surface area contributed by atoms with Gasteiger partial charge < -0.3 is 9.31 Å². The molecule has 100 valence electrons. The van der Waals surface area contributed by atoms with Crippen molar-refractivity contribution in [2.24, 2.45) is 0 Å². The van der Waals surface area contributed by atoms with Crippen LogP contribution in [0.3, 0.4) is 0 Å². The fraction of sp³-hybridized carbons (Fsp3) is 0.500. The molecule has 0 unspecified atom stereocenters. The summed E-state index contributed by atoms with van der Waals surface area (Å²) in [5, 5.41) is 0. The molecule has 1 aromatic rings. The second-order valence-corrected chi connectivity index (χ2v) is 5.64. The van der Waals surface area contributed by atoms with Crippen LogP contribution in [0, 0.1) is 18.2 Å². The van der Waals surface area contributed by atoms with E-state index >= 15 is 0 Å². The molecular formula is C14H17BFNO2. The van der Waals surface area contributed by atoms with Crippen molar-refractivity contribution >= 4 is 12.7 Å². The predicted molar refractivity (Wildman–Crippen MR) is 72.4 cm³/mol. The molecule has 0 atom stereocenters. The third-order valence-electron chi connectivity index (χ3n) is 3.77. The van der Waals surface area contributed by atoms with Crippen molar-refractivity contribution in [3.8, 4) is 12.3 Å². The Morgan fingerprint density at radius 2 is 1.89 bits per heavy atom. The van der Waals surface area contributed by atoms with Gasteiger partial charge >= 0.3 is 7.12 Å². The minimum atomic E-state index is -0.803. The van der Waals surface area contributed by atoms with Gasteiger partial charge in [0.1, 0.15) is 11.4 Å². The molecule has 0 aromatic carbocycles. The molecule has 1 saturated heterocycles. The zero-order valence-corrected chi connectivity index (χ0v) is 11.7. The minimum absolute atomic E-state index is 0.159. The van der Waals surface area contributed by atoms with E-state index in [9.17, 15) is 4.39 Å². The Bertz CT molecular complexity index is 521. The number of halogens is 1. The van der Waals surface area contributed by atoms with Crippen LogP contribution in [0.4, 0.5) is 4.39 Å². The lowest BCUT2D eigenvalue weighted by atomic mass is 9.82. The Labute approximate surface area is 113 Å². The van der Waals surface area contributed by atoms with Gasteiger partial charge in [-0.15, -0.1) is 12.3 Å². The second kappa shape index (κ2) is 4.62. The van der Waals surface area contributed by atoms with Crippen LogP contribution in [0.15, 0.2) is 12.3 Å². The number of aromatic nitrogens is 1. The van der Waals surface area contributed by atoms with Gasteiger partial charge in [-0.3, -0.25) is 4.98 Å². The average molecular weight is 261 g/mol. The van der Waals surface area contributed by atoms with E-state index in [0.29, 0.717) is 5.56 Å². The van der Waals surface area contributed by atoms with E-state index in [-0.39, 0.29) is 12.0 Å². The van der Waals surface area contributed by atoms with Crippen LogP contribution in [0.25, 0.3) is 0 Å². The van der Waals surface area contributed by atoms with E-state index in [2.05, 4.69) is 10.9 Å². The van der Waals surface area contributed by atoms with Crippen LogP contribution in [-0.4, -0.2) is 23.3 Å². The molecule has 0 saturated carbocycles. The number of pyridine rings is 1. The summed E-state index contributed by atoms with van der Waals surface area (Å²) in [5.74, 6) is 1.98. The number of hydrogen-bond acceptors (Lipinski definition) is 3. The SMILES string of the molecule is C#CCc1ccnc(B2OC(C)(C)C(C)(C)O2)c1F. The summed E-state index contributed by atoms with van der Waals surface area (Å²) in [6.45, 7) is 7.65. The highest BCUT2D eigenvalue weighted by molar-refractivity contribution is 6.61. The van der Waals surface area contributed by atoms with Gasteiger partial charge in [-0.1, -0.05) is 0 Å². The zero-order valence-electron chi connectivity index (χ0n) is 11.7. The average Bonchev–Trinajstić information content (AvgIpc) is 2.51. The fourth-order valence-electron chi connectivity index (χ4n) is 1.87. The maximum Gasteiger partial charge on any atom is 0.517 e. The smallest absolute Gasteiger partial charge is 0.398 e. The van der Waals surface area contributed by atoms with Crippen molar-refractivity contribution in [2.45, 2.75) is 45.3 Å². The lowest BCUT2D eigenvalue weighted by Crippen LogP contribution is -2.41. The molecule has 1 aliphatic rings. The van der Waals surface area contributed by atoms with Gasteiger partial charge in [0.25, 0.3) is 0 Å². The van der Waals surface area contributed by atoms with Crippen LogP contribution in [-0.2, 0) is 15.7 Å². The topological polar surface area (TPSA) is 31.4 Å². The Morgan fingerprint density at radius 1 is 1.32 bits per heavy atom. The lowest BCUT2D eigenvalue weighted by molar-refractivity contribution is 0.00578. The van der Waals surface area contributed by atoms with E-state index in [0.717, 1.165) is 0 Å². The molecule has 1 fully saturated rings. The molecule has 2 heterocycles. The Kier molecular flexibility index (Phi) is 3.42. The lowest BCUT2D eigenvalue weighted by Gasteiger charge is -2.32. The van der Waals surface area contributed by atoms with Gasteiger partial charge in [0, 0.05) is 18.2 Å². The van der Waals surface area contributed by atoms with Crippen molar-refractivity contribution < 1.29 is 13.7 Å². The number of rotatable bonds is 2. The molecule has 0 aliphatic carbocycles. The number of hydrogen-bond donors (Lipinski definition) is 0. The second-order valence-electron chi connectivity index (χ2n) is 5.64. The Balaban J connectivity index is 2.35. The van der Waals surface area contributed by atoms with Crippen molar-refractivity contribution in [2.75, 3.05) is 0 Å². The standard InChI is InChI=1S/C14H17BFNO2/c1-6-7-10-8-9-17-12(11(10)16)15-18-13(2,3)14(4,5)19-15/h1,8-9H,7H2,2-5H3. The normalized spacial score (nSPS) is 20.3. The number of terminal acetylenes is 1. The molecule has 1 aliphatic heterocycles. The summed E-state index contributed by atoms with van der Waals surface area (Å²) in [6.07, 6.45) is 6.97. The van der Waals surface area contributed by atoms with E-state index in [4.69, 9.17) is 15.7 Å². The summed E-state index contributed by atoms with van der Waals surface area (Å²) in [4.78, 5) is 4.04. The van der Waals surface area contributed by atoms with E-state index in [1.807, 2.05) is 27.7 Å². The van der Waals surface area contributed by atoms with Crippen LogP contribution < -0.4 is 5.59 Å². The fourth-order valence-corrected chi connectivity index (χ4v) is 1.87. The van der Waals surface area contributed by atoms with Crippen molar-refractivity contribution in [3.63, 3.8) is 0 Å². The van der Waals surface area contributed by atoms with Crippen LogP contribution in [0.5, 0.6) is 0 Å². The summed E-state index contributed by atoms with van der Waals surface area (Å²) < 4.78 is 25.9. The highest BCUT2D eigenvalue weighted by Gasteiger charge is 2.53. The van der Waals surface area contributed by atoms with Gasteiger partial charge in [-0.25, -0.2) is 4.39 Å². The van der Waals surface area contributed by atoms with Gasteiger partial charge in [0.15, 0.2) is 0 Å². The molecule has 5 heteroatoms. The van der Waals surface area contributed by atoms with Crippen LogP contribution in [0.1, 0.15) is 33.3 Å². The van der Waals surface area contributed by atoms with E-state index in [1.165, 1.54) is 6.20 Å². The highest BCUT2D eigenvalue weighted by atomic mass is 19.1. The molecule has 0 N–H and O–H groups in total. The molecular weight excluding hydrogens is 244 g/mol. The molecule has 0 radical (unpaired) electrons. The third-order valence-corrected chi connectivity index (χ3v) is 3.77. The van der Waals surface area contributed by atoms with Crippen molar-refractivity contribution in [1.29, 1.82) is 0 Å². The van der Waals surface area contributed by atoms with Gasteiger partial charge in [0.2, 0.25) is 0 Å². The first-order valence-corrected chi connectivity index (χ1v) is 6.21. The zero-order chi connectivity index (χ0) is 14.3. The van der Waals surface area contributed by atoms with Gasteiger partial charge in [-0.05, 0) is 33.8 Å². The number of nitrogens with zero attached hydrogens (tertiary/aromatic N) is 1. The Morgan fingerprint density at radius 3 is 2.42 bits per heavy atom. The largest absolute Gasteiger partial charge is 0.517 e. The van der Waals surface area contributed by atoms with E-state index < -0.39 is 24.1 Å².